The van der Waals surface area contributed by atoms with Crippen molar-refractivity contribution in [1.29, 1.82) is 0 Å². The summed E-state index contributed by atoms with van der Waals surface area (Å²) in [6.45, 7) is 5.83. The molecule has 1 aromatic rings. The Morgan fingerprint density at radius 2 is 2.29 bits per heavy atom. The van der Waals surface area contributed by atoms with Gasteiger partial charge in [0, 0.05) is 0 Å². The maximum absolute atomic E-state index is 11.6. The molecule has 0 aromatic carbocycles. The van der Waals surface area contributed by atoms with Crippen LogP contribution in [0.5, 0.6) is 0 Å². The number of esters is 1. The van der Waals surface area contributed by atoms with E-state index in [9.17, 15) is 4.79 Å². The molecule has 1 aromatic heterocycles. The second kappa shape index (κ2) is 4.87. The van der Waals surface area contributed by atoms with Gasteiger partial charge in [-0.1, -0.05) is 0 Å². The summed E-state index contributed by atoms with van der Waals surface area (Å²) in [5.74, 6) is 0.203. The summed E-state index contributed by atoms with van der Waals surface area (Å²) in [5.41, 5.74) is 0.557. The van der Waals surface area contributed by atoms with Gasteiger partial charge in [0.05, 0.1) is 18.4 Å². The van der Waals surface area contributed by atoms with E-state index >= 15 is 0 Å². The standard InChI is InChI=1S/C12H17NO4/c1-4-15-12(14)10-8(3)13-11(17-10)9-6-5-7(2)16-9/h7,9H,4-6H2,1-3H3. The number of aromatic nitrogens is 1. The minimum absolute atomic E-state index is 0.133. The van der Waals surface area contributed by atoms with Crippen LogP contribution < -0.4 is 0 Å². The predicted molar refractivity (Wildman–Crippen MR) is 59.7 cm³/mol. The molecule has 5 nitrogen and oxygen atoms in total. The lowest BCUT2D eigenvalue weighted by Crippen LogP contribution is -2.04. The van der Waals surface area contributed by atoms with Crippen molar-refractivity contribution >= 4 is 5.97 Å². The number of oxazole rings is 1. The molecular formula is C12H17NO4. The van der Waals surface area contributed by atoms with Crippen molar-refractivity contribution in [3.8, 4) is 0 Å². The highest BCUT2D eigenvalue weighted by Crippen LogP contribution is 2.32. The zero-order valence-corrected chi connectivity index (χ0v) is 10.4. The Morgan fingerprint density at radius 3 is 2.88 bits per heavy atom. The fraction of sp³-hybridized carbons (Fsp3) is 0.667. The monoisotopic (exact) mass is 239 g/mol. The Balaban J connectivity index is 2.15. The van der Waals surface area contributed by atoms with E-state index in [0.717, 1.165) is 12.8 Å². The fourth-order valence-electron chi connectivity index (χ4n) is 1.93. The third kappa shape index (κ3) is 2.49. The average Bonchev–Trinajstić information content (AvgIpc) is 2.85. The summed E-state index contributed by atoms with van der Waals surface area (Å²) >= 11 is 0. The van der Waals surface area contributed by atoms with Gasteiger partial charge in [-0.15, -0.1) is 0 Å². The Hall–Kier alpha value is -1.36. The van der Waals surface area contributed by atoms with Crippen LogP contribution in [0.2, 0.25) is 0 Å². The van der Waals surface area contributed by atoms with Crippen molar-refractivity contribution in [2.24, 2.45) is 0 Å². The highest BCUT2D eigenvalue weighted by Gasteiger charge is 2.29. The molecular weight excluding hydrogens is 222 g/mol. The molecule has 2 heterocycles. The van der Waals surface area contributed by atoms with Gasteiger partial charge in [-0.3, -0.25) is 0 Å². The van der Waals surface area contributed by atoms with Crippen LogP contribution >= 0.6 is 0 Å². The van der Waals surface area contributed by atoms with Crippen LogP contribution in [0, 0.1) is 6.92 Å². The molecule has 0 N–H and O–H groups in total. The molecule has 0 radical (unpaired) electrons. The number of nitrogens with zero attached hydrogens (tertiary/aromatic N) is 1. The lowest BCUT2D eigenvalue weighted by molar-refractivity contribution is 0.0348. The molecule has 2 unspecified atom stereocenters. The van der Waals surface area contributed by atoms with Gasteiger partial charge < -0.3 is 13.9 Å². The van der Waals surface area contributed by atoms with Crippen molar-refractivity contribution in [1.82, 2.24) is 4.98 Å². The average molecular weight is 239 g/mol. The maximum atomic E-state index is 11.6. The Kier molecular flexibility index (Phi) is 3.47. The summed E-state index contributed by atoms with van der Waals surface area (Å²) in [7, 11) is 0. The lowest BCUT2D eigenvalue weighted by atomic mass is 10.2. The van der Waals surface area contributed by atoms with Gasteiger partial charge in [-0.2, -0.15) is 0 Å². The molecule has 0 spiro atoms. The highest BCUT2D eigenvalue weighted by atomic mass is 16.5. The second-order valence-electron chi connectivity index (χ2n) is 4.20. The van der Waals surface area contributed by atoms with Crippen molar-refractivity contribution in [2.75, 3.05) is 6.61 Å². The Bertz CT molecular complexity index is 413. The van der Waals surface area contributed by atoms with Gasteiger partial charge in [-0.05, 0) is 33.6 Å². The van der Waals surface area contributed by atoms with Crippen LogP contribution in [0.4, 0.5) is 0 Å². The number of ether oxygens (including phenoxy) is 2. The molecule has 0 saturated carbocycles. The molecule has 1 saturated heterocycles. The molecule has 0 bridgehead atoms. The summed E-state index contributed by atoms with van der Waals surface area (Å²) in [6.07, 6.45) is 1.95. The van der Waals surface area contributed by atoms with Gasteiger partial charge in [0.25, 0.3) is 0 Å². The van der Waals surface area contributed by atoms with Crippen molar-refractivity contribution in [2.45, 2.75) is 45.8 Å². The first-order valence-electron chi connectivity index (χ1n) is 5.91. The fourth-order valence-corrected chi connectivity index (χ4v) is 1.93. The van der Waals surface area contributed by atoms with Crippen LogP contribution in [0.15, 0.2) is 4.42 Å². The molecule has 1 aliphatic heterocycles. The Labute approximate surface area is 100 Å². The van der Waals surface area contributed by atoms with Crippen LogP contribution in [0.1, 0.15) is 54.9 Å². The number of hydrogen-bond acceptors (Lipinski definition) is 5. The minimum atomic E-state index is -0.463. The number of carbonyl (C=O) groups excluding carboxylic acids is 1. The number of rotatable bonds is 3. The lowest BCUT2D eigenvalue weighted by Gasteiger charge is -2.05. The number of hydrogen-bond donors (Lipinski definition) is 0. The summed E-state index contributed by atoms with van der Waals surface area (Å²) < 4.78 is 16.0. The van der Waals surface area contributed by atoms with Crippen LogP contribution in [0.3, 0.4) is 0 Å². The van der Waals surface area contributed by atoms with Crippen molar-refractivity contribution in [3.05, 3.63) is 17.3 Å². The largest absolute Gasteiger partial charge is 0.460 e. The van der Waals surface area contributed by atoms with Crippen LogP contribution in [0.25, 0.3) is 0 Å². The predicted octanol–water partition coefficient (Wildman–Crippen LogP) is 2.40. The van der Waals surface area contributed by atoms with Gasteiger partial charge >= 0.3 is 5.97 Å². The van der Waals surface area contributed by atoms with E-state index < -0.39 is 5.97 Å². The zero-order valence-electron chi connectivity index (χ0n) is 10.4. The zero-order chi connectivity index (χ0) is 12.4. The molecule has 2 rings (SSSR count). The van der Waals surface area contributed by atoms with E-state index in [0.29, 0.717) is 18.2 Å². The first kappa shape index (κ1) is 12.1. The minimum Gasteiger partial charge on any atom is -0.460 e. The van der Waals surface area contributed by atoms with E-state index in [1.54, 1.807) is 13.8 Å². The van der Waals surface area contributed by atoms with Crippen molar-refractivity contribution in [3.63, 3.8) is 0 Å². The molecule has 1 aliphatic rings. The summed E-state index contributed by atoms with van der Waals surface area (Å²) in [6, 6.07) is 0. The van der Waals surface area contributed by atoms with E-state index in [-0.39, 0.29) is 18.0 Å². The third-order valence-corrected chi connectivity index (χ3v) is 2.78. The van der Waals surface area contributed by atoms with Gasteiger partial charge in [0.1, 0.15) is 6.10 Å². The Morgan fingerprint density at radius 1 is 1.53 bits per heavy atom. The van der Waals surface area contributed by atoms with Gasteiger partial charge in [-0.25, -0.2) is 9.78 Å². The van der Waals surface area contributed by atoms with Crippen LogP contribution in [-0.2, 0) is 9.47 Å². The summed E-state index contributed by atoms with van der Waals surface area (Å²) in [5, 5.41) is 0. The maximum Gasteiger partial charge on any atom is 0.376 e. The molecule has 2 atom stereocenters. The first-order valence-corrected chi connectivity index (χ1v) is 5.91. The molecule has 0 aliphatic carbocycles. The molecule has 5 heteroatoms. The smallest absolute Gasteiger partial charge is 0.376 e. The third-order valence-electron chi connectivity index (χ3n) is 2.78. The molecule has 17 heavy (non-hydrogen) atoms. The van der Waals surface area contributed by atoms with Crippen molar-refractivity contribution < 1.29 is 18.7 Å². The second-order valence-corrected chi connectivity index (χ2v) is 4.20. The SMILES string of the molecule is CCOC(=O)c1oc(C2CCC(C)O2)nc1C. The number of aryl methyl sites for hydroxylation is 1. The molecule has 94 valence electrons. The van der Waals surface area contributed by atoms with E-state index in [1.165, 1.54) is 0 Å². The van der Waals surface area contributed by atoms with Crippen LogP contribution in [-0.4, -0.2) is 23.7 Å². The van der Waals surface area contributed by atoms with E-state index in [2.05, 4.69) is 4.98 Å². The van der Waals surface area contributed by atoms with E-state index in [4.69, 9.17) is 13.9 Å². The first-order chi connectivity index (χ1) is 8.11. The summed E-state index contributed by atoms with van der Waals surface area (Å²) in [4.78, 5) is 15.8. The molecule has 1 fully saturated rings. The topological polar surface area (TPSA) is 61.6 Å². The highest BCUT2D eigenvalue weighted by molar-refractivity contribution is 5.87. The molecule has 0 amide bonds. The van der Waals surface area contributed by atoms with Gasteiger partial charge in [0.15, 0.2) is 0 Å². The number of carbonyl (C=O) groups is 1. The quantitative estimate of drug-likeness (QED) is 0.758. The van der Waals surface area contributed by atoms with Gasteiger partial charge in [0.2, 0.25) is 11.7 Å². The van der Waals surface area contributed by atoms with E-state index in [1.807, 2.05) is 6.92 Å². The normalized spacial score (nSPS) is 23.9.